The van der Waals surface area contributed by atoms with Crippen molar-refractivity contribution in [2.75, 3.05) is 6.61 Å². The van der Waals surface area contributed by atoms with Crippen LogP contribution < -0.4 is 5.73 Å². The Labute approximate surface area is 91.1 Å². The molecule has 1 aromatic rings. The summed E-state index contributed by atoms with van der Waals surface area (Å²) in [6, 6.07) is 3.14. The SMILES string of the molecule is Cc1ccc(C(N)CCO)c(Br)c1F. The first kappa shape index (κ1) is 11.6. The van der Waals surface area contributed by atoms with E-state index in [-0.39, 0.29) is 18.5 Å². The van der Waals surface area contributed by atoms with Gasteiger partial charge in [0.2, 0.25) is 0 Å². The van der Waals surface area contributed by atoms with Crippen molar-refractivity contribution in [3.05, 3.63) is 33.5 Å². The van der Waals surface area contributed by atoms with Gasteiger partial charge in [0.25, 0.3) is 0 Å². The van der Waals surface area contributed by atoms with Crippen molar-refractivity contribution < 1.29 is 9.50 Å². The third-order valence-corrected chi connectivity index (χ3v) is 2.95. The standard InChI is InChI=1S/C10H13BrFNO/c1-6-2-3-7(8(13)4-5-14)9(11)10(6)12/h2-3,8,14H,4-5,13H2,1H3. The third-order valence-electron chi connectivity index (χ3n) is 2.14. The van der Waals surface area contributed by atoms with Crippen LogP contribution in [-0.4, -0.2) is 11.7 Å². The molecule has 0 radical (unpaired) electrons. The Morgan fingerprint density at radius 1 is 1.57 bits per heavy atom. The van der Waals surface area contributed by atoms with Crippen LogP contribution in [0.15, 0.2) is 16.6 Å². The smallest absolute Gasteiger partial charge is 0.140 e. The summed E-state index contributed by atoms with van der Waals surface area (Å²) < 4.78 is 13.8. The molecule has 0 amide bonds. The number of hydrogen-bond acceptors (Lipinski definition) is 2. The van der Waals surface area contributed by atoms with Crippen molar-refractivity contribution in [2.45, 2.75) is 19.4 Å². The number of rotatable bonds is 3. The number of halogens is 2. The van der Waals surface area contributed by atoms with Gasteiger partial charge in [0.15, 0.2) is 0 Å². The zero-order valence-corrected chi connectivity index (χ0v) is 9.51. The fraction of sp³-hybridized carbons (Fsp3) is 0.400. The summed E-state index contributed by atoms with van der Waals surface area (Å²) in [7, 11) is 0. The van der Waals surface area contributed by atoms with Gasteiger partial charge in [-0.25, -0.2) is 4.39 Å². The molecule has 78 valence electrons. The topological polar surface area (TPSA) is 46.2 Å². The second kappa shape index (κ2) is 4.87. The lowest BCUT2D eigenvalue weighted by molar-refractivity contribution is 0.276. The monoisotopic (exact) mass is 261 g/mol. The Balaban J connectivity index is 3.04. The molecule has 3 N–H and O–H groups in total. The maximum absolute atomic E-state index is 13.4. The van der Waals surface area contributed by atoms with Crippen molar-refractivity contribution in [3.63, 3.8) is 0 Å². The Bertz CT molecular complexity index is 330. The van der Waals surface area contributed by atoms with Crippen LogP contribution in [0.25, 0.3) is 0 Å². The number of aryl methyl sites for hydroxylation is 1. The maximum atomic E-state index is 13.4. The van der Waals surface area contributed by atoms with Gasteiger partial charge < -0.3 is 10.8 Å². The summed E-state index contributed by atoms with van der Waals surface area (Å²) in [5, 5.41) is 8.72. The number of aliphatic hydroxyl groups is 1. The molecule has 0 aliphatic heterocycles. The van der Waals surface area contributed by atoms with Crippen LogP contribution in [0.3, 0.4) is 0 Å². The molecule has 0 heterocycles. The zero-order chi connectivity index (χ0) is 10.7. The van der Waals surface area contributed by atoms with E-state index < -0.39 is 0 Å². The van der Waals surface area contributed by atoms with E-state index in [1.54, 1.807) is 19.1 Å². The molecular formula is C10H13BrFNO. The van der Waals surface area contributed by atoms with Crippen LogP contribution in [0.4, 0.5) is 4.39 Å². The van der Waals surface area contributed by atoms with Gasteiger partial charge in [0, 0.05) is 12.6 Å². The van der Waals surface area contributed by atoms with E-state index in [2.05, 4.69) is 15.9 Å². The third kappa shape index (κ3) is 2.32. The van der Waals surface area contributed by atoms with Gasteiger partial charge in [0.1, 0.15) is 5.82 Å². The highest BCUT2D eigenvalue weighted by molar-refractivity contribution is 9.10. The van der Waals surface area contributed by atoms with Crippen LogP contribution in [0.1, 0.15) is 23.6 Å². The molecule has 0 saturated heterocycles. The lowest BCUT2D eigenvalue weighted by Crippen LogP contribution is -2.13. The van der Waals surface area contributed by atoms with E-state index in [4.69, 9.17) is 10.8 Å². The van der Waals surface area contributed by atoms with Gasteiger partial charge in [-0.2, -0.15) is 0 Å². The van der Waals surface area contributed by atoms with Gasteiger partial charge in [0.05, 0.1) is 4.47 Å². The summed E-state index contributed by atoms with van der Waals surface area (Å²) in [5.41, 5.74) is 7.05. The normalized spacial score (nSPS) is 12.9. The van der Waals surface area contributed by atoms with Crippen LogP contribution in [0, 0.1) is 12.7 Å². The van der Waals surface area contributed by atoms with Crippen LogP contribution >= 0.6 is 15.9 Å². The van der Waals surface area contributed by atoms with Crippen LogP contribution in [0.5, 0.6) is 0 Å². The maximum Gasteiger partial charge on any atom is 0.140 e. The first-order valence-corrected chi connectivity index (χ1v) is 5.18. The van der Waals surface area contributed by atoms with E-state index in [0.717, 1.165) is 0 Å². The molecule has 2 nitrogen and oxygen atoms in total. The molecule has 1 unspecified atom stereocenters. The number of aliphatic hydroxyl groups excluding tert-OH is 1. The molecule has 4 heteroatoms. The van der Waals surface area contributed by atoms with Crippen molar-refractivity contribution in [1.29, 1.82) is 0 Å². The first-order chi connectivity index (χ1) is 6.57. The molecule has 1 aromatic carbocycles. The molecule has 0 bridgehead atoms. The fourth-order valence-corrected chi connectivity index (χ4v) is 1.98. The summed E-state index contributed by atoms with van der Waals surface area (Å²) in [5.74, 6) is -0.282. The number of hydrogen-bond donors (Lipinski definition) is 2. The van der Waals surface area contributed by atoms with E-state index in [0.29, 0.717) is 22.0 Å². The van der Waals surface area contributed by atoms with Crippen LogP contribution in [-0.2, 0) is 0 Å². The molecule has 14 heavy (non-hydrogen) atoms. The second-order valence-corrected chi connectivity index (χ2v) is 4.01. The molecule has 0 spiro atoms. The summed E-state index contributed by atoms with van der Waals surface area (Å²) in [6.45, 7) is 1.70. The van der Waals surface area contributed by atoms with E-state index in [1.807, 2.05) is 0 Å². The molecule has 1 atom stereocenters. The second-order valence-electron chi connectivity index (χ2n) is 3.22. The largest absolute Gasteiger partial charge is 0.396 e. The fourth-order valence-electron chi connectivity index (χ4n) is 1.24. The predicted octanol–water partition coefficient (Wildman–Crippen LogP) is 2.28. The average Bonchev–Trinajstić information content (AvgIpc) is 2.15. The van der Waals surface area contributed by atoms with Crippen molar-refractivity contribution >= 4 is 15.9 Å². The Morgan fingerprint density at radius 2 is 2.21 bits per heavy atom. The van der Waals surface area contributed by atoms with Gasteiger partial charge >= 0.3 is 0 Å². The highest BCUT2D eigenvalue weighted by Gasteiger charge is 2.13. The lowest BCUT2D eigenvalue weighted by Gasteiger charge is -2.13. The van der Waals surface area contributed by atoms with Crippen molar-refractivity contribution in [2.24, 2.45) is 5.73 Å². The zero-order valence-electron chi connectivity index (χ0n) is 7.93. The summed E-state index contributed by atoms with van der Waals surface area (Å²) >= 11 is 3.16. The molecule has 0 aliphatic carbocycles. The minimum absolute atomic E-state index is 0.00308. The first-order valence-electron chi connectivity index (χ1n) is 4.39. The van der Waals surface area contributed by atoms with Gasteiger partial charge in [-0.1, -0.05) is 12.1 Å². The van der Waals surface area contributed by atoms with Gasteiger partial charge in [-0.05, 0) is 40.4 Å². The van der Waals surface area contributed by atoms with Gasteiger partial charge in [-0.15, -0.1) is 0 Å². The number of nitrogens with two attached hydrogens (primary N) is 1. The van der Waals surface area contributed by atoms with E-state index in [9.17, 15) is 4.39 Å². The van der Waals surface area contributed by atoms with Crippen molar-refractivity contribution in [1.82, 2.24) is 0 Å². The highest BCUT2D eigenvalue weighted by Crippen LogP contribution is 2.28. The quantitative estimate of drug-likeness (QED) is 0.877. The summed E-state index contributed by atoms with van der Waals surface area (Å²) in [4.78, 5) is 0. The molecule has 0 aromatic heterocycles. The van der Waals surface area contributed by atoms with Gasteiger partial charge in [-0.3, -0.25) is 0 Å². The minimum Gasteiger partial charge on any atom is -0.396 e. The average molecular weight is 262 g/mol. The van der Waals surface area contributed by atoms with E-state index >= 15 is 0 Å². The van der Waals surface area contributed by atoms with E-state index in [1.165, 1.54) is 0 Å². The lowest BCUT2D eigenvalue weighted by atomic mass is 10.0. The molecule has 0 aliphatic rings. The van der Waals surface area contributed by atoms with Crippen molar-refractivity contribution in [3.8, 4) is 0 Å². The Morgan fingerprint density at radius 3 is 2.79 bits per heavy atom. The molecule has 0 fully saturated rings. The molecule has 0 saturated carbocycles. The Kier molecular flexibility index (Phi) is 4.04. The Hall–Kier alpha value is -0.450. The van der Waals surface area contributed by atoms with Crippen LogP contribution in [0.2, 0.25) is 0 Å². The molecular weight excluding hydrogens is 249 g/mol. The predicted molar refractivity (Wildman–Crippen MR) is 57.5 cm³/mol. The number of benzene rings is 1. The highest BCUT2D eigenvalue weighted by atomic mass is 79.9. The summed E-state index contributed by atoms with van der Waals surface area (Å²) in [6.07, 6.45) is 0.432. The molecule has 1 rings (SSSR count). The minimum atomic E-state index is -0.329.